The molecule has 0 saturated heterocycles. The Bertz CT molecular complexity index is 570. The van der Waals surface area contributed by atoms with Crippen molar-refractivity contribution in [2.24, 2.45) is 0 Å². The van der Waals surface area contributed by atoms with Gasteiger partial charge in [-0.3, -0.25) is 10.1 Å². The van der Waals surface area contributed by atoms with Gasteiger partial charge < -0.3 is 4.74 Å². The van der Waals surface area contributed by atoms with Gasteiger partial charge in [-0.05, 0) is 12.1 Å². The van der Waals surface area contributed by atoms with E-state index in [1.807, 2.05) is 0 Å². The highest BCUT2D eigenvalue weighted by molar-refractivity contribution is 7.13. The van der Waals surface area contributed by atoms with E-state index < -0.39 is 18.0 Å². The standard InChI is InChI=1S/C11H7F3N2O2S/c12-11(13,14)18-8-4-2-1-3-7(8)9(17)16-10-15-5-6-19-10/h1-6H,(H,15,16,17). The quantitative estimate of drug-likeness (QED) is 0.942. The van der Waals surface area contributed by atoms with Crippen LogP contribution in [-0.4, -0.2) is 17.3 Å². The number of aromatic nitrogens is 1. The van der Waals surface area contributed by atoms with E-state index in [-0.39, 0.29) is 5.56 Å². The fourth-order valence-corrected chi connectivity index (χ4v) is 1.84. The monoisotopic (exact) mass is 288 g/mol. The van der Waals surface area contributed by atoms with Gasteiger partial charge in [0.25, 0.3) is 5.91 Å². The fourth-order valence-electron chi connectivity index (χ4n) is 1.32. The van der Waals surface area contributed by atoms with Gasteiger partial charge in [0.15, 0.2) is 5.13 Å². The Kier molecular flexibility index (Phi) is 3.70. The summed E-state index contributed by atoms with van der Waals surface area (Å²) in [5.74, 6) is -1.26. The maximum atomic E-state index is 12.2. The first-order chi connectivity index (χ1) is 8.96. The number of nitrogens with one attached hydrogen (secondary N) is 1. The molecule has 2 rings (SSSR count). The van der Waals surface area contributed by atoms with Crippen LogP contribution < -0.4 is 10.1 Å². The number of alkyl halides is 3. The highest BCUT2D eigenvalue weighted by Crippen LogP contribution is 2.27. The summed E-state index contributed by atoms with van der Waals surface area (Å²) in [6.45, 7) is 0. The van der Waals surface area contributed by atoms with E-state index in [1.54, 1.807) is 5.38 Å². The predicted octanol–water partition coefficient (Wildman–Crippen LogP) is 3.29. The third-order valence-electron chi connectivity index (χ3n) is 2.01. The highest BCUT2D eigenvalue weighted by atomic mass is 32.1. The minimum Gasteiger partial charge on any atom is -0.405 e. The smallest absolute Gasteiger partial charge is 0.405 e. The Labute approximate surface area is 109 Å². The number of anilines is 1. The molecule has 1 amide bonds. The molecule has 19 heavy (non-hydrogen) atoms. The summed E-state index contributed by atoms with van der Waals surface area (Å²) in [5, 5.41) is 4.32. The number of hydrogen-bond donors (Lipinski definition) is 1. The van der Waals surface area contributed by atoms with E-state index >= 15 is 0 Å². The van der Waals surface area contributed by atoms with E-state index in [0.29, 0.717) is 5.13 Å². The minimum absolute atomic E-state index is 0.213. The number of carbonyl (C=O) groups is 1. The maximum absolute atomic E-state index is 12.2. The second kappa shape index (κ2) is 5.27. The molecule has 0 bridgehead atoms. The molecule has 0 unspecified atom stereocenters. The molecule has 1 aromatic carbocycles. The van der Waals surface area contributed by atoms with Crippen molar-refractivity contribution in [3.8, 4) is 5.75 Å². The number of amides is 1. The van der Waals surface area contributed by atoms with Crippen LogP contribution in [0.2, 0.25) is 0 Å². The number of ether oxygens (including phenoxy) is 1. The maximum Gasteiger partial charge on any atom is 0.573 e. The van der Waals surface area contributed by atoms with Crippen LogP contribution in [0.5, 0.6) is 5.75 Å². The third-order valence-corrected chi connectivity index (χ3v) is 2.70. The lowest BCUT2D eigenvalue weighted by molar-refractivity contribution is -0.274. The average Bonchev–Trinajstić information content (AvgIpc) is 2.80. The van der Waals surface area contributed by atoms with Gasteiger partial charge in [-0.25, -0.2) is 4.98 Å². The molecule has 4 nitrogen and oxygen atoms in total. The summed E-state index contributed by atoms with van der Waals surface area (Å²) in [5.41, 5.74) is -0.213. The first kappa shape index (κ1) is 13.3. The Morgan fingerprint density at radius 2 is 2.05 bits per heavy atom. The minimum atomic E-state index is -4.85. The Morgan fingerprint density at radius 1 is 1.32 bits per heavy atom. The average molecular weight is 288 g/mol. The molecule has 100 valence electrons. The Morgan fingerprint density at radius 3 is 2.68 bits per heavy atom. The van der Waals surface area contributed by atoms with Crippen LogP contribution in [0.1, 0.15) is 10.4 Å². The van der Waals surface area contributed by atoms with Gasteiger partial charge in [0.05, 0.1) is 5.56 Å². The zero-order valence-electron chi connectivity index (χ0n) is 9.27. The van der Waals surface area contributed by atoms with Crippen LogP contribution in [0.4, 0.5) is 18.3 Å². The van der Waals surface area contributed by atoms with Crippen molar-refractivity contribution in [2.75, 3.05) is 5.32 Å². The second-order valence-corrected chi connectivity index (χ2v) is 4.23. The lowest BCUT2D eigenvalue weighted by Gasteiger charge is -2.12. The number of para-hydroxylation sites is 1. The van der Waals surface area contributed by atoms with Crippen molar-refractivity contribution in [3.63, 3.8) is 0 Å². The summed E-state index contributed by atoms with van der Waals surface area (Å²) in [7, 11) is 0. The van der Waals surface area contributed by atoms with Crippen LogP contribution in [0.15, 0.2) is 35.8 Å². The summed E-state index contributed by atoms with van der Waals surface area (Å²) in [6.07, 6.45) is -3.38. The molecule has 1 N–H and O–H groups in total. The van der Waals surface area contributed by atoms with Crippen LogP contribution in [0, 0.1) is 0 Å². The van der Waals surface area contributed by atoms with Crippen molar-refractivity contribution in [1.82, 2.24) is 4.98 Å². The molecule has 0 spiro atoms. The van der Waals surface area contributed by atoms with E-state index in [4.69, 9.17) is 0 Å². The molecule has 0 atom stereocenters. The molecule has 0 aliphatic heterocycles. The van der Waals surface area contributed by atoms with Gasteiger partial charge in [-0.2, -0.15) is 0 Å². The SMILES string of the molecule is O=C(Nc1nccs1)c1ccccc1OC(F)(F)F. The number of thiazole rings is 1. The first-order valence-electron chi connectivity index (χ1n) is 5.01. The van der Waals surface area contributed by atoms with Crippen LogP contribution in [0.3, 0.4) is 0 Å². The summed E-state index contributed by atoms with van der Waals surface area (Å²) < 4.78 is 40.4. The van der Waals surface area contributed by atoms with Crippen molar-refractivity contribution < 1.29 is 22.7 Å². The second-order valence-electron chi connectivity index (χ2n) is 3.34. The van der Waals surface area contributed by atoms with Gasteiger partial charge in [-0.15, -0.1) is 24.5 Å². The van der Waals surface area contributed by atoms with Gasteiger partial charge in [0.2, 0.25) is 0 Å². The third kappa shape index (κ3) is 3.68. The lowest BCUT2D eigenvalue weighted by atomic mass is 10.2. The molecule has 0 saturated carbocycles. The zero-order chi connectivity index (χ0) is 13.9. The molecule has 0 aliphatic rings. The molecule has 2 aromatic rings. The predicted molar refractivity (Wildman–Crippen MR) is 63.2 cm³/mol. The van der Waals surface area contributed by atoms with Crippen molar-refractivity contribution in [2.45, 2.75) is 6.36 Å². The van der Waals surface area contributed by atoms with E-state index in [2.05, 4.69) is 15.0 Å². The molecule has 1 heterocycles. The molecular weight excluding hydrogens is 281 g/mol. The molecule has 1 aromatic heterocycles. The Balaban J connectivity index is 2.21. The Hall–Kier alpha value is -2.09. The van der Waals surface area contributed by atoms with Crippen molar-refractivity contribution in [1.29, 1.82) is 0 Å². The number of rotatable bonds is 3. The molecule has 0 fully saturated rings. The van der Waals surface area contributed by atoms with E-state index in [0.717, 1.165) is 17.4 Å². The number of carbonyl (C=O) groups excluding carboxylic acids is 1. The number of nitrogens with zero attached hydrogens (tertiary/aromatic N) is 1. The summed E-state index contributed by atoms with van der Waals surface area (Å²) in [6, 6.07) is 5.11. The van der Waals surface area contributed by atoms with E-state index in [1.165, 1.54) is 24.4 Å². The van der Waals surface area contributed by atoms with Crippen LogP contribution >= 0.6 is 11.3 Å². The molecular formula is C11H7F3N2O2S. The molecule has 8 heteroatoms. The number of hydrogen-bond acceptors (Lipinski definition) is 4. The summed E-state index contributed by atoms with van der Waals surface area (Å²) in [4.78, 5) is 15.6. The highest BCUT2D eigenvalue weighted by Gasteiger charge is 2.32. The number of benzene rings is 1. The van der Waals surface area contributed by atoms with Gasteiger partial charge in [0.1, 0.15) is 5.75 Å². The van der Waals surface area contributed by atoms with Gasteiger partial charge >= 0.3 is 6.36 Å². The van der Waals surface area contributed by atoms with Crippen molar-refractivity contribution in [3.05, 3.63) is 41.4 Å². The normalized spacial score (nSPS) is 11.1. The molecule has 0 aliphatic carbocycles. The largest absolute Gasteiger partial charge is 0.573 e. The summed E-state index contributed by atoms with van der Waals surface area (Å²) >= 11 is 1.16. The topological polar surface area (TPSA) is 51.2 Å². The first-order valence-corrected chi connectivity index (χ1v) is 5.89. The van der Waals surface area contributed by atoms with Crippen LogP contribution in [-0.2, 0) is 0 Å². The number of halogens is 3. The fraction of sp³-hybridized carbons (Fsp3) is 0.0909. The van der Waals surface area contributed by atoms with Crippen LogP contribution in [0.25, 0.3) is 0 Å². The van der Waals surface area contributed by atoms with Crippen molar-refractivity contribution >= 4 is 22.4 Å². The van der Waals surface area contributed by atoms with Gasteiger partial charge in [-0.1, -0.05) is 12.1 Å². The lowest BCUT2D eigenvalue weighted by Crippen LogP contribution is -2.20. The van der Waals surface area contributed by atoms with E-state index in [9.17, 15) is 18.0 Å². The zero-order valence-corrected chi connectivity index (χ0v) is 10.1. The van der Waals surface area contributed by atoms with Gasteiger partial charge in [0, 0.05) is 11.6 Å². The molecule has 0 radical (unpaired) electrons.